The fraction of sp³-hybridized carbons (Fsp3) is 0.231. The van der Waals surface area contributed by atoms with Gasteiger partial charge in [-0.3, -0.25) is 0 Å². The van der Waals surface area contributed by atoms with Crippen LogP contribution < -0.4 is 4.74 Å². The number of hydrogen-bond donors (Lipinski definition) is 1. The van der Waals surface area contributed by atoms with Crippen molar-refractivity contribution in [1.29, 1.82) is 0 Å². The van der Waals surface area contributed by atoms with Crippen LogP contribution in [-0.2, 0) is 6.54 Å². The molecule has 5 heteroatoms. The summed E-state index contributed by atoms with van der Waals surface area (Å²) in [6.45, 7) is 2.70. The van der Waals surface area contributed by atoms with Crippen LogP contribution in [0.1, 0.15) is 23.0 Å². The smallest absolute Gasteiger partial charge is 0.354 e. The van der Waals surface area contributed by atoms with E-state index in [1.807, 2.05) is 37.3 Å². The Morgan fingerprint density at radius 2 is 2.11 bits per heavy atom. The van der Waals surface area contributed by atoms with Gasteiger partial charge in [-0.05, 0) is 12.5 Å². The van der Waals surface area contributed by atoms with Gasteiger partial charge in [-0.25, -0.2) is 9.48 Å². The zero-order chi connectivity index (χ0) is 13.0. The summed E-state index contributed by atoms with van der Waals surface area (Å²) in [4.78, 5) is 11.1. The number of aromatic nitrogens is 2. The van der Waals surface area contributed by atoms with Crippen molar-refractivity contribution in [3.05, 3.63) is 47.7 Å². The Bertz CT molecular complexity index is 534. The molecule has 0 aliphatic carbocycles. The lowest BCUT2D eigenvalue weighted by Crippen LogP contribution is -2.10. The summed E-state index contributed by atoms with van der Waals surface area (Å²) in [6, 6.07) is 11.0. The van der Waals surface area contributed by atoms with E-state index >= 15 is 0 Å². The molecule has 18 heavy (non-hydrogen) atoms. The number of nitrogens with zero attached hydrogens (tertiary/aromatic N) is 2. The fourth-order valence-corrected chi connectivity index (χ4v) is 1.66. The summed E-state index contributed by atoms with van der Waals surface area (Å²) in [5, 5.41) is 13.2. The fourth-order valence-electron chi connectivity index (χ4n) is 1.66. The van der Waals surface area contributed by atoms with Gasteiger partial charge in [0.05, 0.1) is 13.2 Å². The van der Waals surface area contributed by atoms with Crippen LogP contribution in [0.3, 0.4) is 0 Å². The first kappa shape index (κ1) is 12.2. The molecule has 0 fully saturated rings. The van der Waals surface area contributed by atoms with Crippen LogP contribution in [0.15, 0.2) is 36.4 Å². The number of aromatic carboxylic acids is 1. The van der Waals surface area contributed by atoms with E-state index in [2.05, 4.69) is 5.10 Å². The minimum atomic E-state index is -1.01. The molecule has 0 unspecified atom stereocenters. The van der Waals surface area contributed by atoms with E-state index in [0.29, 0.717) is 19.0 Å². The number of rotatable bonds is 5. The molecular formula is C13H14N2O3. The first-order valence-corrected chi connectivity index (χ1v) is 5.68. The van der Waals surface area contributed by atoms with Gasteiger partial charge in [0.25, 0.3) is 0 Å². The third-order valence-electron chi connectivity index (χ3n) is 2.44. The Balaban J connectivity index is 2.28. The first-order valence-electron chi connectivity index (χ1n) is 5.68. The number of carbonyl (C=O) groups is 1. The van der Waals surface area contributed by atoms with Crippen LogP contribution in [0.2, 0.25) is 0 Å². The molecule has 0 spiro atoms. The van der Waals surface area contributed by atoms with Crippen molar-refractivity contribution >= 4 is 5.97 Å². The molecule has 0 aliphatic rings. The Labute approximate surface area is 105 Å². The van der Waals surface area contributed by atoms with Crippen LogP contribution in [0.5, 0.6) is 5.88 Å². The van der Waals surface area contributed by atoms with Gasteiger partial charge in [0.1, 0.15) is 0 Å². The molecule has 1 N–H and O–H groups in total. The lowest BCUT2D eigenvalue weighted by Gasteiger charge is -2.04. The molecule has 2 rings (SSSR count). The molecule has 5 nitrogen and oxygen atoms in total. The van der Waals surface area contributed by atoms with E-state index in [1.165, 1.54) is 10.7 Å². The number of ether oxygens (including phenoxy) is 1. The predicted octanol–water partition coefficient (Wildman–Crippen LogP) is 2.03. The number of benzene rings is 1. The molecule has 0 bridgehead atoms. The first-order chi connectivity index (χ1) is 8.70. The average molecular weight is 246 g/mol. The lowest BCUT2D eigenvalue weighted by atomic mass is 10.2. The maximum Gasteiger partial charge on any atom is 0.354 e. The molecular weight excluding hydrogens is 232 g/mol. The highest BCUT2D eigenvalue weighted by atomic mass is 16.5. The second-order valence-electron chi connectivity index (χ2n) is 3.75. The van der Waals surface area contributed by atoms with Gasteiger partial charge in [0.15, 0.2) is 5.69 Å². The third kappa shape index (κ3) is 2.68. The summed E-state index contributed by atoms with van der Waals surface area (Å²) in [5.41, 5.74) is 1.12. The molecule has 0 saturated carbocycles. The van der Waals surface area contributed by atoms with E-state index in [0.717, 1.165) is 5.56 Å². The molecule has 0 saturated heterocycles. The van der Waals surface area contributed by atoms with E-state index in [4.69, 9.17) is 9.84 Å². The van der Waals surface area contributed by atoms with Crippen LogP contribution in [-0.4, -0.2) is 27.5 Å². The second-order valence-corrected chi connectivity index (χ2v) is 3.75. The SMILES string of the molecule is CCOc1cc(C(=O)O)n(Cc2ccccc2)n1. The van der Waals surface area contributed by atoms with Crippen molar-refractivity contribution in [2.45, 2.75) is 13.5 Å². The molecule has 0 amide bonds. The normalized spacial score (nSPS) is 10.3. The zero-order valence-electron chi connectivity index (χ0n) is 10.0. The summed E-state index contributed by atoms with van der Waals surface area (Å²) >= 11 is 0. The zero-order valence-corrected chi connectivity index (χ0v) is 10.0. The Kier molecular flexibility index (Phi) is 3.62. The lowest BCUT2D eigenvalue weighted by molar-refractivity contribution is 0.0684. The summed E-state index contributed by atoms with van der Waals surface area (Å²) in [5.74, 6) is -0.671. The van der Waals surface area contributed by atoms with Crippen LogP contribution in [0.4, 0.5) is 0 Å². The van der Waals surface area contributed by atoms with Gasteiger partial charge in [-0.15, -0.1) is 5.10 Å². The van der Waals surface area contributed by atoms with Gasteiger partial charge in [0.2, 0.25) is 5.88 Å². The molecule has 0 radical (unpaired) electrons. The van der Waals surface area contributed by atoms with Crippen molar-refractivity contribution in [2.24, 2.45) is 0 Å². The predicted molar refractivity (Wildman–Crippen MR) is 65.9 cm³/mol. The summed E-state index contributed by atoms with van der Waals surface area (Å²) in [6.07, 6.45) is 0. The van der Waals surface area contributed by atoms with Crippen molar-refractivity contribution in [1.82, 2.24) is 9.78 Å². The molecule has 1 aromatic heterocycles. The minimum Gasteiger partial charge on any atom is -0.477 e. The van der Waals surface area contributed by atoms with Gasteiger partial charge in [-0.1, -0.05) is 30.3 Å². The van der Waals surface area contributed by atoms with Crippen molar-refractivity contribution in [3.63, 3.8) is 0 Å². The number of carboxylic acids is 1. The summed E-state index contributed by atoms with van der Waals surface area (Å²) < 4.78 is 6.65. The van der Waals surface area contributed by atoms with Gasteiger partial charge >= 0.3 is 5.97 Å². The molecule has 2 aromatic rings. The van der Waals surface area contributed by atoms with Crippen LogP contribution in [0.25, 0.3) is 0 Å². The number of carboxylic acid groups (broad SMARTS) is 1. The topological polar surface area (TPSA) is 64.3 Å². The standard InChI is InChI=1S/C13H14N2O3/c1-2-18-12-8-11(13(16)17)15(14-12)9-10-6-4-3-5-7-10/h3-8H,2,9H2,1H3,(H,16,17). The maximum absolute atomic E-state index is 11.1. The highest BCUT2D eigenvalue weighted by molar-refractivity contribution is 5.86. The maximum atomic E-state index is 11.1. The van der Waals surface area contributed by atoms with Crippen LogP contribution in [0, 0.1) is 0 Å². The van der Waals surface area contributed by atoms with E-state index < -0.39 is 5.97 Å². The van der Waals surface area contributed by atoms with Gasteiger partial charge in [-0.2, -0.15) is 0 Å². The second kappa shape index (κ2) is 5.35. The van der Waals surface area contributed by atoms with Crippen molar-refractivity contribution < 1.29 is 14.6 Å². The van der Waals surface area contributed by atoms with Crippen molar-refractivity contribution in [3.8, 4) is 5.88 Å². The molecule has 1 aromatic carbocycles. The Morgan fingerprint density at radius 1 is 1.39 bits per heavy atom. The molecule has 0 aliphatic heterocycles. The largest absolute Gasteiger partial charge is 0.477 e. The Hall–Kier alpha value is -2.30. The van der Waals surface area contributed by atoms with E-state index in [-0.39, 0.29) is 5.69 Å². The van der Waals surface area contributed by atoms with E-state index in [9.17, 15) is 4.79 Å². The third-order valence-corrected chi connectivity index (χ3v) is 2.44. The molecule has 1 heterocycles. The van der Waals surface area contributed by atoms with Crippen molar-refractivity contribution in [2.75, 3.05) is 6.61 Å². The minimum absolute atomic E-state index is 0.127. The van der Waals surface area contributed by atoms with Gasteiger partial charge in [0, 0.05) is 6.07 Å². The quantitative estimate of drug-likeness (QED) is 0.876. The van der Waals surface area contributed by atoms with Gasteiger partial charge < -0.3 is 9.84 Å². The summed E-state index contributed by atoms with van der Waals surface area (Å²) in [7, 11) is 0. The van der Waals surface area contributed by atoms with Crippen LogP contribution >= 0.6 is 0 Å². The van der Waals surface area contributed by atoms with E-state index in [1.54, 1.807) is 0 Å². The molecule has 0 atom stereocenters. The Morgan fingerprint density at radius 3 is 2.72 bits per heavy atom. The highest BCUT2D eigenvalue weighted by Crippen LogP contribution is 2.14. The molecule has 94 valence electrons. The monoisotopic (exact) mass is 246 g/mol. The average Bonchev–Trinajstić information content (AvgIpc) is 2.74. The number of hydrogen-bond acceptors (Lipinski definition) is 3. The highest BCUT2D eigenvalue weighted by Gasteiger charge is 2.14.